The summed E-state index contributed by atoms with van der Waals surface area (Å²) in [6, 6.07) is 14.4. The molecule has 0 atom stereocenters. The lowest BCUT2D eigenvalue weighted by Crippen LogP contribution is -2.09. The van der Waals surface area contributed by atoms with Gasteiger partial charge in [0.15, 0.2) is 0 Å². The van der Waals surface area contributed by atoms with E-state index in [0.29, 0.717) is 0 Å². The van der Waals surface area contributed by atoms with Gasteiger partial charge in [-0.15, -0.1) is 0 Å². The minimum atomic E-state index is -3.93. The third-order valence-electron chi connectivity index (χ3n) is 3.54. The van der Waals surface area contributed by atoms with Crippen LogP contribution >= 0.6 is 0 Å². The van der Waals surface area contributed by atoms with Gasteiger partial charge in [-0.2, -0.15) is 8.42 Å². The Hall–Kier alpha value is -1.85. The van der Waals surface area contributed by atoms with Crippen LogP contribution in [0.15, 0.2) is 42.5 Å². The van der Waals surface area contributed by atoms with Crippen LogP contribution in [-0.2, 0) is 16.5 Å². The molecule has 124 valence electrons. The molecule has 0 unspecified atom stereocenters. The Morgan fingerprint density at radius 3 is 2.30 bits per heavy atom. The molecule has 0 spiro atoms. The lowest BCUT2D eigenvalue weighted by molar-refractivity contribution is 0.313. The molecule has 0 aromatic heterocycles. The van der Waals surface area contributed by atoms with E-state index < -0.39 is 10.1 Å². The molecule has 4 nitrogen and oxygen atoms in total. The Bertz CT molecular complexity index is 749. The smallest absolute Gasteiger partial charge is 0.264 e. The van der Waals surface area contributed by atoms with E-state index in [1.54, 1.807) is 0 Å². The van der Waals surface area contributed by atoms with Gasteiger partial charge in [0.25, 0.3) is 10.1 Å². The standard InChI is InChI=1S/C18H22O4S/c1-14-4-7-16(8-5-14)13-17-9-6-15(2)12-18(17)22-10-3-11-23(19,20)21/h4-9,12H,3,10-11,13H2,1-2H3,(H,19,20,21). The van der Waals surface area contributed by atoms with E-state index in [9.17, 15) is 8.42 Å². The third-order valence-corrected chi connectivity index (χ3v) is 4.35. The third kappa shape index (κ3) is 6.04. The molecule has 0 fully saturated rings. The van der Waals surface area contributed by atoms with Crippen LogP contribution in [0.1, 0.15) is 28.7 Å². The molecule has 0 heterocycles. The van der Waals surface area contributed by atoms with Crippen molar-refractivity contribution in [3.05, 3.63) is 64.7 Å². The number of benzene rings is 2. The summed E-state index contributed by atoms with van der Waals surface area (Å²) >= 11 is 0. The molecule has 0 saturated heterocycles. The Morgan fingerprint density at radius 1 is 1.00 bits per heavy atom. The van der Waals surface area contributed by atoms with Gasteiger partial charge in [0.05, 0.1) is 12.4 Å². The molecule has 1 N–H and O–H groups in total. The lowest BCUT2D eigenvalue weighted by Gasteiger charge is -2.12. The van der Waals surface area contributed by atoms with Crippen molar-refractivity contribution in [1.29, 1.82) is 0 Å². The second-order valence-electron chi connectivity index (χ2n) is 5.76. The maximum atomic E-state index is 10.7. The van der Waals surface area contributed by atoms with E-state index in [4.69, 9.17) is 9.29 Å². The van der Waals surface area contributed by atoms with E-state index in [1.807, 2.05) is 25.1 Å². The summed E-state index contributed by atoms with van der Waals surface area (Å²) in [4.78, 5) is 0. The molecule has 2 aromatic rings. The molecular formula is C18H22O4S. The van der Waals surface area contributed by atoms with Crippen molar-refractivity contribution in [2.24, 2.45) is 0 Å². The molecule has 0 radical (unpaired) electrons. The highest BCUT2D eigenvalue weighted by Crippen LogP contribution is 2.23. The minimum Gasteiger partial charge on any atom is -0.493 e. The summed E-state index contributed by atoms with van der Waals surface area (Å²) in [5.74, 6) is 0.479. The summed E-state index contributed by atoms with van der Waals surface area (Å²) < 4.78 is 35.9. The zero-order valence-electron chi connectivity index (χ0n) is 13.5. The first-order valence-corrected chi connectivity index (χ1v) is 9.17. The summed E-state index contributed by atoms with van der Waals surface area (Å²) in [5, 5.41) is 0. The molecule has 2 rings (SSSR count). The molecule has 0 amide bonds. The SMILES string of the molecule is Cc1ccc(Cc2ccc(C)cc2OCCCS(=O)(=O)O)cc1. The number of ether oxygens (including phenoxy) is 1. The zero-order chi connectivity index (χ0) is 16.9. The van der Waals surface area contributed by atoms with E-state index in [2.05, 4.69) is 31.2 Å². The van der Waals surface area contributed by atoms with Crippen molar-refractivity contribution in [3.63, 3.8) is 0 Å². The molecule has 5 heteroatoms. The van der Waals surface area contributed by atoms with Crippen LogP contribution in [0.5, 0.6) is 5.75 Å². The van der Waals surface area contributed by atoms with Gasteiger partial charge < -0.3 is 4.74 Å². The van der Waals surface area contributed by atoms with Crippen LogP contribution in [0.25, 0.3) is 0 Å². The van der Waals surface area contributed by atoms with Crippen molar-refractivity contribution in [3.8, 4) is 5.75 Å². The molecule has 23 heavy (non-hydrogen) atoms. The first-order valence-electron chi connectivity index (χ1n) is 7.56. The fourth-order valence-electron chi connectivity index (χ4n) is 2.29. The predicted octanol–water partition coefficient (Wildman–Crippen LogP) is 3.55. The monoisotopic (exact) mass is 334 g/mol. The number of hydrogen-bond donors (Lipinski definition) is 1. The van der Waals surface area contributed by atoms with Crippen molar-refractivity contribution in [1.82, 2.24) is 0 Å². The number of hydrogen-bond acceptors (Lipinski definition) is 3. The Morgan fingerprint density at radius 2 is 1.65 bits per heavy atom. The highest BCUT2D eigenvalue weighted by atomic mass is 32.2. The molecule has 0 aliphatic heterocycles. The molecule has 0 aliphatic rings. The molecule has 0 aliphatic carbocycles. The molecular weight excluding hydrogens is 312 g/mol. The van der Waals surface area contributed by atoms with Gasteiger partial charge >= 0.3 is 0 Å². The van der Waals surface area contributed by atoms with E-state index in [-0.39, 0.29) is 18.8 Å². The van der Waals surface area contributed by atoms with Crippen LogP contribution in [0.4, 0.5) is 0 Å². The van der Waals surface area contributed by atoms with E-state index in [0.717, 1.165) is 23.3 Å². The van der Waals surface area contributed by atoms with Crippen LogP contribution in [-0.4, -0.2) is 25.3 Å². The van der Waals surface area contributed by atoms with Crippen molar-refractivity contribution in [2.75, 3.05) is 12.4 Å². The Balaban J connectivity index is 2.06. The predicted molar refractivity (Wildman–Crippen MR) is 91.7 cm³/mol. The van der Waals surface area contributed by atoms with E-state index >= 15 is 0 Å². The van der Waals surface area contributed by atoms with Crippen molar-refractivity contribution < 1.29 is 17.7 Å². The quantitative estimate of drug-likeness (QED) is 0.621. The Labute approximate surface area is 137 Å². The molecule has 0 saturated carbocycles. The van der Waals surface area contributed by atoms with Gasteiger partial charge in [-0.05, 0) is 43.0 Å². The fourth-order valence-corrected chi connectivity index (χ4v) is 2.77. The van der Waals surface area contributed by atoms with E-state index in [1.165, 1.54) is 11.1 Å². The largest absolute Gasteiger partial charge is 0.493 e. The minimum absolute atomic E-state index is 0.254. The average molecular weight is 334 g/mol. The summed E-state index contributed by atoms with van der Waals surface area (Å²) in [5.41, 5.74) is 4.57. The average Bonchev–Trinajstić information content (AvgIpc) is 2.47. The first kappa shape index (κ1) is 17.5. The fraction of sp³-hybridized carbons (Fsp3) is 0.333. The van der Waals surface area contributed by atoms with Crippen LogP contribution in [0.3, 0.4) is 0 Å². The maximum absolute atomic E-state index is 10.7. The summed E-state index contributed by atoms with van der Waals surface area (Å²) in [6.45, 7) is 4.30. The molecule has 0 bridgehead atoms. The van der Waals surface area contributed by atoms with Gasteiger partial charge in [0.1, 0.15) is 5.75 Å². The van der Waals surface area contributed by atoms with Crippen molar-refractivity contribution in [2.45, 2.75) is 26.7 Å². The summed E-state index contributed by atoms with van der Waals surface area (Å²) in [7, 11) is -3.93. The van der Waals surface area contributed by atoms with Crippen LogP contribution in [0, 0.1) is 13.8 Å². The number of aryl methyl sites for hydroxylation is 2. The van der Waals surface area contributed by atoms with Gasteiger partial charge in [0.2, 0.25) is 0 Å². The number of rotatable bonds is 7. The topological polar surface area (TPSA) is 63.6 Å². The Kier molecular flexibility index (Phi) is 5.80. The maximum Gasteiger partial charge on any atom is 0.264 e. The van der Waals surface area contributed by atoms with Crippen LogP contribution in [0.2, 0.25) is 0 Å². The first-order chi connectivity index (χ1) is 10.8. The van der Waals surface area contributed by atoms with Gasteiger partial charge in [-0.3, -0.25) is 4.55 Å². The molecule has 2 aromatic carbocycles. The van der Waals surface area contributed by atoms with Crippen molar-refractivity contribution >= 4 is 10.1 Å². The van der Waals surface area contributed by atoms with Gasteiger partial charge in [-0.1, -0.05) is 42.0 Å². The summed E-state index contributed by atoms with van der Waals surface area (Å²) in [6.07, 6.45) is 1.02. The second kappa shape index (κ2) is 7.62. The highest BCUT2D eigenvalue weighted by molar-refractivity contribution is 7.85. The lowest BCUT2D eigenvalue weighted by atomic mass is 10.0. The second-order valence-corrected chi connectivity index (χ2v) is 7.33. The highest BCUT2D eigenvalue weighted by Gasteiger charge is 2.08. The van der Waals surface area contributed by atoms with Gasteiger partial charge in [0, 0.05) is 6.42 Å². The van der Waals surface area contributed by atoms with Crippen LogP contribution < -0.4 is 4.74 Å². The van der Waals surface area contributed by atoms with Gasteiger partial charge in [-0.25, -0.2) is 0 Å². The normalized spacial score (nSPS) is 11.4. The zero-order valence-corrected chi connectivity index (χ0v) is 14.3.